The minimum Gasteiger partial charge on any atom is -0.463 e. The summed E-state index contributed by atoms with van der Waals surface area (Å²) in [6.45, 7) is 5.15. The Hall–Kier alpha value is -1.18. The van der Waals surface area contributed by atoms with Crippen molar-refractivity contribution < 1.29 is 28.5 Å². The molecule has 3 saturated heterocycles. The first-order chi connectivity index (χ1) is 9.85. The largest absolute Gasteiger partial charge is 0.463 e. The normalized spacial score (nSPS) is 40.9. The Balaban J connectivity index is 1.79. The minimum absolute atomic E-state index is 0.00495. The van der Waals surface area contributed by atoms with E-state index in [4.69, 9.17) is 18.9 Å². The smallest absolute Gasteiger partial charge is 0.302 e. The second-order valence-corrected chi connectivity index (χ2v) is 6.21. The summed E-state index contributed by atoms with van der Waals surface area (Å²) in [7, 11) is 0. The molecule has 3 rings (SSSR count). The topological polar surface area (TPSA) is 83.1 Å². The molecule has 3 aliphatic rings. The molecule has 0 spiro atoms. The molecule has 1 amide bonds. The number of hydrogen-bond donors (Lipinski definition) is 1. The number of hydrogen-bond acceptors (Lipinski definition) is 6. The van der Waals surface area contributed by atoms with E-state index in [2.05, 4.69) is 5.32 Å². The Labute approximate surface area is 123 Å². The molecule has 0 bridgehead atoms. The lowest BCUT2D eigenvalue weighted by atomic mass is 9.88. The third kappa shape index (κ3) is 2.90. The van der Waals surface area contributed by atoms with Crippen LogP contribution in [0.4, 0.5) is 0 Å². The molecule has 0 saturated carbocycles. The average molecular weight is 299 g/mol. The first-order valence-electron chi connectivity index (χ1n) is 7.29. The number of amides is 1. The van der Waals surface area contributed by atoms with Gasteiger partial charge in [0.25, 0.3) is 0 Å². The number of nitrogens with one attached hydrogen (secondary N) is 1. The Morgan fingerprint density at radius 2 is 2.10 bits per heavy atom. The van der Waals surface area contributed by atoms with E-state index in [1.165, 1.54) is 6.92 Å². The van der Waals surface area contributed by atoms with Gasteiger partial charge in [-0.3, -0.25) is 9.59 Å². The van der Waals surface area contributed by atoms with Gasteiger partial charge in [-0.15, -0.1) is 0 Å². The lowest BCUT2D eigenvalue weighted by Crippen LogP contribution is -2.65. The standard InChI is InChI=1S/C14H21NO6/c1-7(16)18-6-9-12-13(21-14(2,3)20-12)11-8(19-9)4-5-10(17)15-11/h8-9,11-13H,4-6H2,1-3H3,(H,15,17)/t8-,9+,11+,12-,13+/m0/s1. The van der Waals surface area contributed by atoms with Crippen LogP contribution in [0.25, 0.3) is 0 Å². The monoisotopic (exact) mass is 299 g/mol. The molecule has 0 radical (unpaired) electrons. The fourth-order valence-corrected chi connectivity index (χ4v) is 3.27. The van der Waals surface area contributed by atoms with E-state index < -0.39 is 5.79 Å². The van der Waals surface area contributed by atoms with Crippen LogP contribution in [0.3, 0.4) is 0 Å². The summed E-state index contributed by atoms with van der Waals surface area (Å²) in [5, 5.41) is 2.94. The molecule has 3 fully saturated rings. The van der Waals surface area contributed by atoms with Crippen LogP contribution in [0, 0.1) is 0 Å². The van der Waals surface area contributed by atoms with Gasteiger partial charge in [-0.05, 0) is 20.3 Å². The van der Waals surface area contributed by atoms with Gasteiger partial charge in [-0.2, -0.15) is 0 Å². The quantitative estimate of drug-likeness (QED) is 0.729. The van der Waals surface area contributed by atoms with Crippen molar-refractivity contribution in [1.82, 2.24) is 5.32 Å². The van der Waals surface area contributed by atoms with Crippen molar-refractivity contribution in [2.24, 2.45) is 0 Å². The lowest BCUT2D eigenvalue weighted by Gasteiger charge is -2.44. The van der Waals surface area contributed by atoms with Crippen molar-refractivity contribution in [2.75, 3.05) is 6.61 Å². The second kappa shape index (κ2) is 5.23. The molecule has 5 atom stereocenters. The first kappa shape index (κ1) is 14.7. The number of rotatable bonds is 2. The maximum Gasteiger partial charge on any atom is 0.302 e. The summed E-state index contributed by atoms with van der Waals surface area (Å²) in [4.78, 5) is 22.7. The zero-order chi connectivity index (χ0) is 15.2. The number of esters is 1. The zero-order valence-electron chi connectivity index (χ0n) is 12.5. The van der Waals surface area contributed by atoms with E-state index in [1.54, 1.807) is 0 Å². The highest BCUT2D eigenvalue weighted by Gasteiger charge is 2.56. The van der Waals surface area contributed by atoms with Crippen LogP contribution in [0.2, 0.25) is 0 Å². The van der Waals surface area contributed by atoms with Crippen LogP contribution in [0.1, 0.15) is 33.6 Å². The summed E-state index contributed by atoms with van der Waals surface area (Å²) in [6, 6.07) is -0.216. The van der Waals surface area contributed by atoms with E-state index >= 15 is 0 Å². The highest BCUT2D eigenvalue weighted by Crippen LogP contribution is 2.39. The highest BCUT2D eigenvalue weighted by molar-refractivity contribution is 5.77. The molecule has 7 heteroatoms. The van der Waals surface area contributed by atoms with Crippen molar-refractivity contribution in [2.45, 2.75) is 69.9 Å². The van der Waals surface area contributed by atoms with Gasteiger partial charge in [0.15, 0.2) is 5.79 Å². The summed E-state index contributed by atoms with van der Waals surface area (Å²) >= 11 is 0. The molecule has 7 nitrogen and oxygen atoms in total. The Kier molecular flexibility index (Phi) is 3.67. The second-order valence-electron chi connectivity index (χ2n) is 6.21. The van der Waals surface area contributed by atoms with Gasteiger partial charge in [0.1, 0.15) is 24.9 Å². The minimum atomic E-state index is -0.746. The van der Waals surface area contributed by atoms with Gasteiger partial charge in [0, 0.05) is 13.3 Å². The summed E-state index contributed by atoms with van der Waals surface area (Å²) in [5.41, 5.74) is 0. The fourth-order valence-electron chi connectivity index (χ4n) is 3.27. The molecule has 118 valence electrons. The van der Waals surface area contributed by atoms with Gasteiger partial charge in [-0.1, -0.05) is 0 Å². The van der Waals surface area contributed by atoms with Crippen LogP contribution < -0.4 is 5.32 Å². The predicted octanol–water partition coefficient (Wildman–Crippen LogP) is 0.116. The molecule has 1 N–H and O–H groups in total. The molecular weight excluding hydrogens is 278 g/mol. The highest BCUT2D eigenvalue weighted by atomic mass is 16.8. The number of carbonyl (C=O) groups is 2. The van der Waals surface area contributed by atoms with Gasteiger partial charge >= 0.3 is 5.97 Å². The SMILES string of the molecule is CC(=O)OC[C@H]1O[C@H]2CCC(=O)N[C@H]2[C@H]2OC(C)(C)O[C@H]21. The van der Waals surface area contributed by atoms with Crippen LogP contribution in [0.5, 0.6) is 0 Å². The number of ether oxygens (including phenoxy) is 4. The first-order valence-corrected chi connectivity index (χ1v) is 7.29. The fraction of sp³-hybridized carbons (Fsp3) is 0.857. The van der Waals surface area contributed by atoms with Gasteiger partial charge in [0.05, 0.1) is 12.1 Å². The van der Waals surface area contributed by atoms with E-state index in [1.807, 2.05) is 13.8 Å². The van der Waals surface area contributed by atoms with E-state index in [0.717, 1.165) is 0 Å². The van der Waals surface area contributed by atoms with Crippen molar-refractivity contribution in [3.8, 4) is 0 Å². The van der Waals surface area contributed by atoms with Gasteiger partial charge < -0.3 is 24.3 Å². The number of piperidine rings is 1. The number of carbonyl (C=O) groups excluding carboxylic acids is 2. The Morgan fingerprint density at radius 1 is 1.38 bits per heavy atom. The summed E-state index contributed by atoms with van der Waals surface area (Å²) < 4.78 is 22.9. The molecular formula is C14H21NO6. The van der Waals surface area contributed by atoms with Crippen molar-refractivity contribution in [1.29, 1.82) is 0 Å². The van der Waals surface area contributed by atoms with Crippen molar-refractivity contribution in [3.63, 3.8) is 0 Å². The molecule has 0 aliphatic carbocycles. The summed E-state index contributed by atoms with van der Waals surface area (Å²) in [5.74, 6) is -1.10. The predicted molar refractivity (Wildman–Crippen MR) is 70.3 cm³/mol. The third-order valence-electron chi connectivity index (χ3n) is 4.07. The molecule has 0 aromatic rings. The van der Waals surface area contributed by atoms with Crippen LogP contribution >= 0.6 is 0 Å². The Bertz CT molecular complexity index is 451. The molecule has 3 aliphatic heterocycles. The van der Waals surface area contributed by atoms with Crippen molar-refractivity contribution >= 4 is 11.9 Å². The van der Waals surface area contributed by atoms with Crippen LogP contribution in [-0.4, -0.2) is 54.7 Å². The third-order valence-corrected chi connectivity index (χ3v) is 4.07. The van der Waals surface area contributed by atoms with E-state index in [-0.39, 0.29) is 48.9 Å². The maximum absolute atomic E-state index is 11.6. The molecule has 3 heterocycles. The molecule has 21 heavy (non-hydrogen) atoms. The van der Waals surface area contributed by atoms with Gasteiger partial charge in [-0.25, -0.2) is 0 Å². The maximum atomic E-state index is 11.6. The van der Waals surface area contributed by atoms with Gasteiger partial charge in [0.2, 0.25) is 5.91 Å². The molecule has 0 aromatic heterocycles. The molecule has 0 unspecified atom stereocenters. The lowest BCUT2D eigenvalue weighted by molar-refractivity contribution is -0.184. The summed E-state index contributed by atoms with van der Waals surface area (Å²) in [6.07, 6.45) is -0.0927. The van der Waals surface area contributed by atoms with E-state index in [0.29, 0.717) is 12.8 Å². The van der Waals surface area contributed by atoms with Crippen molar-refractivity contribution in [3.05, 3.63) is 0 Å². The Morgan fingerprint density at radius 3 is 2.81 bits per heavy atom. The number of fused-ring (bicyclic) bond motifs is 3. The average Bonchev–Trinajstić information content (AvgIpc) is 2.72. The molecule has 0 aromatic carbocycles. The van der Waals surface area contributed by atoms with Crippen LogP contribution in [0.15, 0.2) is 0 Å². The van der Waals surface area contributed by atoms with Crippen LogP contribution in [-0.2, 0) is 28.5 Å². The van der Waals surface area contributed by atoms with E-state index in [9.17, 15) is 9.59 Å². The zero-order valence-corrected chi connectivity index (χ0v) is 12.5.